The molecule has 0 bridgehead atoms. The topological polar surface area (TPSA) is 12.0 Å². The summed E-state index contributed by atoms with van der Waals surface area (Å²) in [5, 5.41) is 3.54. The summed E-state index contributed by atoms with van der Waals surface area (Å²) in [6, 6.07) is 9.70. The molecule has 0 aliphatic carbocycles. The van der Waals surface area contributed by atoms with E-state index in [2.05, 4.69) is 50.4 Å². The highest BCUT2D eigenvalue weighted by molar-refractivity contribution is 5.23. The second-order valence-corrected chi connectivity index (χ2v) is 4.96. The van der Waals surface area contributed by atoms with E-state index in [1.807, 2.05) is 0 Å². The summed E-state index contributed by atoms with van der Waals surface area (Å²) in [5.41, 5.74) is 2.97. The minimum Gasteiger partial charge on any atom is -0.314 e. The van der Waals surface area contributed by atoms with Gasteiger partial charge in [-0.05, 0) is 50.3 Å². The standard InChI is InChI=1S/C16H27N/c1-4-7-15-8-6-9-16(13-15)11-10-14(3)17-12-5-2/h6,8-9,13-14,17H,4-5,7,10-12H2,1-3H3. The van der Waals surface area contributed by atoms with Gasteiger partial charge in [-0.3, -0.25) is 0 Å². The molecular formula is C16H27N. The van der Waals surface area contributed by atoms with Gasteiger partial charge in [-0.15, -0.1) is 0 Å². The van der Waals surface area contributed by atoms with Crippen LogP contribution in [0, 0.1) is 0 Å². The lowest BCUT2D eigenvalue weighted by atomic mass is 10.0. The summed E-state index contributed by atoms with van der Waals surface area (Å²) in [6.45, 7) is 7.87. The van der Waals surface area contributed by atoms with E-state index in [-0.39, 0.29) is 0 Å². The van der Waals surface area contributed by atoms with Gasteiger partial charge in [0.2, 0.25) is 0 Å². The van der Waals surface area contributed by atoms with E-state index in [0.29, 0.717) is 6.04 Å². The maximum atomic E-state index is 3.54. The minimum atomic E-state index is 0.629. The van der Waals surface area contributed by atoms with Gasteiger partial charge in [-0.25, -0.2) is 0 Å². The maximum absolute atomic E-state index is 3.54. The Morgan fingerprint density at radius 1 is 1.06 bits per heavy atom. The fourth-order valence-electron chi connectivity index (χ4n) is 2.11. The highest BCUT2D eigenvalue weighted by Crippen LogP contribution is 2.10. The second-order valence-electron chi connectivity index (χ2n) is 4.96. The lowest BCUT2D eigenvalue weighted by molar-refractivity contribution is 0.513. The fourth-order valence-corrected chi connectivity index (χ4v) is 2.11. The normalized spacial score (nSPS) is 12.6. The number of hydrogen-bond donors (Lipinski definition) is 1. The smallest absolute Gasteiger partial charge is 0.00418 e. The summed E-state index contributed by atoms with van der Waals surface area (Å²) < 4.78 is 0. The van der Waals surface area contributed by atoms with Crippen LogP contribution >= 0.6 is 0 Å². The molecule has 1 aromatic rings. The van der Waals surface area contributed by atoms with E-state index >= 15 is 0 Å². The molecular weight excluding hydrogens is 206 g/mol. The number of nitrogens with one attached hydrogen (secondary N) is 1. The molecule has 0 spiro atoms. The van der Waals surface area contributed by atoms with Gasteiger partial charge >= 0.3 is 0 Å². The molecule has 0 aliphatic rings. The molecule has 1 rings (SSSR count). The zero-order valence-corrected chi connectivity index (χ0v) is 11.6. The van der Waals surface area contributed by atoms with Gasteiger partial charge in [0.05, 0.1) is 0 Å². The lowest BCUT2D eigenvalue weighted by Gasteiger charge is -2.13. The molecule has 0 fully saturated rings. The monoisotopic (exact) mass is 233 g/mol. The number of aryl methyl sites for hydroxylation is 2. The van der Waals surface area contributed by atoms with Crippen LogP contribution in [-0.4, -0.2) is 12.6 Å². The summed E-state index contributed by atoms with van der Waals surface area (Å²) in [4.78, 5) is 0. The lowest BCUT2D eigenvalue weighted by Crippen LogP contribution is -2.27. The van der Waals surface area contributed by atoms with Crippen LogP contribution in [0.5, 0.6) is 0 Å². The van der Waals surface area contributed by atoms with Crippen molar-refractivity contribution in [3.05, 3.63) is 35.4 Å². The quantitative estimate of drug-likeness (QED) is 0.716. The van der Waals surface area contributed by atoms with E-state index in [1.54, 1.807) is 0 Å². The average Bonchev–Trinajstić information content (AvgIpc) is 2.35. The zero-order chi connectivity index (χ0) is 12.5. The van der Waals surface area contributed by atoms with Crippen molar-refractivity contribution in [2.45, 2.75) is 58.9 Å². The van der Waals surface area contributed by atoms with Crippen LogP contribution in [0.1, 0.15) is 51.2 Å². The second kappa shape index (κ2) is 8.30. The average molecular weight is 233 g/mol. The van der Waals surface area contributed by atoms with E-state index < -0.39 is 0 Å². The molecule has 1 aromatic carbocycles. The Labute approximate surface area is 107 Å². The van der Waals surface area contributed by atoms with Crippen molar-refractivity contribution in [3.8, 4) is 0 Å². The predicted octanol–water partition coefficient (Wildman–Crippen LogP) is 3.96. The SMILES string of the molecule is CCCNC(C)CCc1cccc(CCC)c1. The highest BCUT2D eigenvalue weighted by atomic mass is 14.9. The van der Waals surface area contributed by atoms with Crippen molar-refractivity contribution < 1.29 is 0 Å². The van der Waals surface area contributed by atoms with Crippen molar-refractivity contribution in [1.29, 1.82) is 0 Å². The molecule has 0 radical (unpaired) electrons. The molecule has 1 nitrogen and oxygen atoms in total. The van der Waals surface area contributed by atoms with Crippen LogP contribution in [0.25, 0.3) is 0 Å². The Bertz CT molecular complexity index is 306. The summed E-state index contributed by atoms with van der Waals surface area (Å²) in [7, 11) is 0. The third-order valence-corrected chi connectivity index (χ3v) is 3.14. The Balaban J connectivity index is 2.37. The van der Waals surface area contributed by atoms with E-state index in [1.165, 1.54) is 43.2 Å². The Morgan fingerprint density at radius 2 is 1.76 bits per heavy atom. The number of rotatable bonds is 8. The predicted molar refractivity (Wildman–Crippen MR) is 76.5 cm³/mol. The number of benzene rings is 1. The largest absolute Gasteiger partial charge is 0.314 e. The summed E-state index contributed by atoms with van der Waals surface area (Å²) >= 11 is 0. The molecule has 0 amide bonds. The molecule has 0 aromatic heterocycles. The first-order chi connectivity index (χ1) is 8.26. The Kier molecular flexibility index (Phi) is 6.95. The maximum Gasteiger partial charge on any atom is 0.00418 e. The van der Waals surface area contributed by atoms with Crippen LogP contribution in [-0.2, 0) is 12.8 Å². The van der Waals surface area contributed by atoms with Crippen molar-refractivity contribution >= 4 is 0 Å². The van der Waals surface area contributed by atoms with Crippen molar-refractivity contribution in [1.82, 2.24) is 5.32 Å². The van der Waals surface area contributed by atoms with E-state index in [4.69, 9.17) is 0 Å². The van der Waals surface area contributed by atoms with E-state index in [0.717, 1.165) is 6.54 Å². The van der Waals surface area contributed by atoms with Crippen LogP contribution in [0.2, 0.25) is 0 Å². The van der Waals surface area contributed by atoms with Gasteiger partial charge in [-0.2, -0.15) is 0 Å². The summed E-state index contributed by atoms with van der Waals surface area (Å²) in [5.74, 6) is 0. The van der Waals surface area contributed by atoms with Crippen molar-refractivity contribution in [2.75, 3.05) is 6.54 Å². The van der Waals surface area contributed by atoms with Crippen LogP contribution in [0.15, 0.2) is 24.3 Å². The zero-order valence-electron chi connectivity index (χ0n) is 11.6. The molecule has 1 unspecified atom stereocenters. The first-order valence-electron chi connectivity index (χ1n) is 7.07. The van der Waals surface area contributed by atoms with E-state index in [9.17, 15) is 0 Å². The van der Waals surface area contributed by atoms with Gasteiger partial charge in [0.15, 0.2) is 0 Å². The third kappa shape index (κ3) is 5.88. The van der Waals surface area contributed by atoms with Gasteiger partial charge in [-0.1, -0.05) is 44.5 Å². The van der Waals surface area contributed by atoms with Gasteiger partial charge in [0.1, 0.15) is 0 Å². The van der Waals surface area contributed by atoms with Gasteiger partial charge in [0.25, 0.3) is 0 Å². The fraction of sp³-hybridized carbons (Fsp3) is 0.625. The molecule has 0 saturated carbocycles. The number of hydrogen-bond acceptors (Lipinski definition) is 1. The van der Waals surface area contributed by atoms with Gasteiger partial charge in [0, 0.05) is 6.04 Å². The molecule has 1 heteroatoms. The Morgan fingerprint density at radius 3 is 2.41 bits per heavy atom. The molecule has 0 heterocycles. The molecule has 1 N–H and O–H groups in total. The van der Waals surface area contributed by atoms with Gasteiger partial charge < -0.3 is 5.32 Å². The Hall–Kier alpha value is -0.820. The first kappa shape index (κ1) is 14.2. The molecule has 17 heavy (non-hydrogen) atoms. The molecule has 0 aliphatic heterocycles. The van der Waals surface area contributed by atoms with Crippen LogP contribution in [0.4, 0.5) is 0 Å². The van der Waals surface area contributed by atoms with Crippen LogP contribution in [0.3, 0.4) is 0 Å². The molecule has 1 atom stereocenters. The molecule has 0 saturated heterocycles. The van der Waals surface area contributed by atoms with Crippen molar-refractivity contribution in [3.63, 3.8) is 0 Å². The van der Waals surface area contributed by atoms with Crippen LogP contribution < -0.4 is 5.32 Å². The third-order valence-electron chi connectivity index (χ3n) is 3.14. The summed E-state index contributed by atoms with van der Waals surface area (Å²) in [6.07, 6.45) is 6.08. The highest BCUT2D eigenvalue weighted by Gasteiger charge is 2.01. The minimum absolute atomic E-state index is 0.629. The van der Waals surface area contributed by atoms with Crippen molar-refractivity contribution in [2.24, 2.45) is 0 Å². The first-order valence-corrected chi connectivity index (χ1v) is 7.07. The molecule has 96 valence electrons.